The SMILES string of the molecule is O=C(N/N=C\C=C\c1ccccc1)c1ccc(=O)[nH]n1. The molecule has 0 aliphatic rings. The monoisotopic (exact) mass is 268 g/mol. The van der Waals surface area contributed by atoms with Crippen molar-refractivity contribution < 1.29 is 4.79 Å². The van der Waals surface area contributed by atoms with Crippen LogP contribution in [0, 0.1) is 0 Å². The smallest absolute Gasteiger partial charge is 0.268 e. The number of hydrazone groups is 1. The maximum Gasteiger partial charge on any atom is 0.291 e. The Bertz CT molecular complexity index is 669. The summed E-state index contributed by atoms with van der Waals surface area (Å²) in [5.41, 5.74) is 3.06. The second-order valence-electron chi connectivity index (χ2n) is 3.80. The van der Waals surface area contributed by atoms with Crippen LogP contribution in [0.1, 0.15) is 16.1 Å². The number of amides is 1. The lowest BCUT2D eigenvalue weighted by atomic mass is 10.2. The van der Waals surface area contributed by atoms with Crippen molar-refractivity contribution in [2.75, 3.05) is 0 Å². The molecule has 0 saturated heterocycles. The number of aromatic nitrogens is 2. The van der Waals surface area contributed by atoms with Crippen molar-refractivity contribution in [2.24, 2.45) is 5.10 Å². The molecule has 0 spiro atoms. The Kier molecular flexibility index (Phi) is 4.55. The van der Waals surface area contributed by atoms with E-state index in [1.807, 2.05) is 36.4 Å². The van der Waals surface area contributed by atoms with Crippen molar-refractivity contribution in [3.8, 4) is 0 Å². The van der Waals surface area contributed by atoms with Crippen molar-refractivity contribution >= 4 is 18.2 Å². The number of rotatable bonds is 4. The van der Waals surface area contributed by atoms with Gasteiger partial charge in [0, 0.05) is 12.3 Å². The first-order valence-electron chi connectivity index (χ1n) is 5.86. The molecular formula is C14H12N4O2. The fraction of sp³-hybridized carbons (Fsp3) is 0. The van der Waals surface area contributed by atoms with Crippen LogP contribution in [0.2, 0.25) is 0 Å². The first-order valence-corrected chi connectivity index (χ1v) is 5.86. The Balaban J connectivity index is 1.87. The van der Waals surface area contributed by atoms with Gasteiger partial charge >= 0.3 is 0 Å². The third-order valence-electron chi connectivity index (χ3n) is 2.33. The third kappa shape index (κ3) is 4.02. The Morgan fingerprint density at radius 2 is 2.00 bits per heavy atom. The topological polar surface area (TPSA) is 87.2 Å². The molecule has 2 rings (SSSR count). The van der Waals surface area contributed by atoms with Gasteiger partial charge in [0.1, 0.15) is 0 Å². The van der Waals surface area contributed by atoms with Gasteiger partial charge in [0.25, 0.3) is 11.5 Å². The normalized spacial score (nSPS) is 11.0. The summed E-state index contributed by atoms with van der Waals surface area (Å²) in [4.78, 5) is 22.3. The average Bonchev–Trinajstić information content (AvgIpc) is 2.48. The molecule has 1 heterocycles. The van der Waals surface area contributed by atoms with E-state index < -0.39 is 5.91 Å². The van der Waals surface area contributed by atoms with Crippen LogP contribution >= 0.6 is 0 Å². The maximum absolute atomic E-state index is 11.6. The van der Waals surface area contributed by atoms with Crippen LogP contribution in [0.15, 0.2) is 58.4 Å². The quantitative estimate of drug-likeness (QED) is 0.645. The molecule has 0 aliphatic carbocycles. The third-order valence-corrected chi connectivity index (χ3v) is 2.33. The lowest BCUT2D eigenvalue weighted by Crippen LogP contribution is -2.21. The molecule has 1 aromatic heterocycles. The molecule has 0 unspecified atom stereocenters. The fourth-order valence-corrected chi connectivity index (χ4v) is 1.39. The zero-order valence-electron chi connectivity index (χ0n) is 10.5. The van der Waals surface area contributed by atoms with Crippen LogP contribution in [0.25, 0.3) is 6.08 Å². The van der Waals surface area contributed by atoms with Crippen LogP contribution in [-0.4, -0.2) is 22.3 Å². The van der Waals surface area contributed by atoms with Gasteiger partial charge in [-0.15, -0.1) is 0 Å². The highest BCUT2D eigenvalue weighted by atomic mass is 16.2. The summed E-state index contributed by atoms with van der Waals surface area (Å²) in [5.74, 6) is -0.495. The number of allylic oxidation sites excluding steroid dienone is 1. The lowest BCUT2D eigenvalue weighted by molar-refractivity contribution is 0.0949. The van der Waals surface area contributed by atoms with E-state index in [0.29, 0.717) is 0 Å². The average molecular weight is 268 g/mol. The van der Waals surface area contributed by atoms with E-state index in [0.717, 1.165) is 5.56 Å². The second-order valence-corrected chi connectivity index (χ2v) is 3.80. The van der Waals surface area contributed by atoms with Crippen molar-refractivity contribution in [2.45, 2.75) is 0 Å². The minimum Gasteiger partial charge on any atom is -0.268 e. The summed E-state index contributed by atoms with van der Waals surface area (Å²) in [5, 5.41) is 9.50. The number of aromatic amines is 1. The summed E-state index contributed by atoms with van der Waals surface area (Å²) < 4.78 is 0. The Morgan fingerprint density at radius 3 is 2.70 bits per heavy atom. The molecule has 1 aromatic carbocycles. The molecular weight excluding hydrogens is 256 g/mol. The summed E-state index contributed by atoms with van der Waals surface area (Å²) in [6.07, 6.45) is 5.01. The second kappa shape index (κ2) is 6.79. The van der Waals surface area contributed by atoms with Gasteiger partial charge in [-0.3, -0.25) is 9.59 Å². The van der Waals surface area contributed by atoms with Crippen molar-refractivity contribution in [3.63, 3.8) is 0 Å². The number of nitrogens with zero attached hydrogens (tertiary/aromatic N) is 2. The van der Waals surface area contributed by atoms with E-state index >= 15 is 0 Å². The van der Waals surface area contributed by atoms with Crippen LogP contribution in [-0.2, 0) is 0 Å². The molecule has 2 N–H and O–H groups in total. The summed E-state index contributed by atoms with van der Waals surface area (Å²) in [6.45, 7) is 0. The summed E-state index contributed by atoms with van der Waals surface area (Å²) >= 11 is 0. The van der Waals surface area contributed by atoms with E-state index in [2.05, 4.69) is 20.7 Å². The van der Waals surface area contributed by atoms with Crippen LogP contribution in [0.5, 0.6) is 0 Å². The van der Waals surface area contributed by atoms with Gasteiger partial charge in [-0.05, 0) is 17.7 Å². The minimum atomic E-state index is -0.495. The van der Waals surface area contributed by atoms with E-state index in [1.54, 1.807) is 6.08 Å². The highest BCUT2D eigenvalue weighted by molar-refractivity contribution is 5.92. The summed E-state index contributed by atoms with van der Waals surface area (Å²) in [6, 6.07) is 12.2. The zero-order valence-corrected chi connectivity index (χ0v) is 10.5. The van der Waals surface area contributed by atoms with E-state index in [1.165, 1.54) is 18.3 Å². The first kappa shape index (κ1) is 13.4. The largest absolute Gasteiger partial charge is 0.291 e. The number of carbonyl (C=O) groups is 1. The van der Waals surface area contributed by atoms with Gasteiger partial charge in [-0.25, -0.2) is 10.5 Å². The van der Waals surface area contributed by atoms with Gasteiger partial charge < -0.3 is 0 Å². The molecule has 2 aromatic rings. The lowest BCUT2D eigenvalue weighted by Gasteiger charge is -1.96. The van der Waals surface area contributed by atoms with Gasteiger partial charge in [0.2, 0.25) is 0 Å². The Morgan fingerprint density at radius 1 is 1.20 bits per heavy atom. The minimum absolute atomic E-state index is 0.0915. The van der Waals surface area contributed by atoms with Crippen LogP contribution < -0.4 is 11.0 Å². The predicted molar refractivity (Wildman–Crippen MR) is 76.3 cm³/mol. The number of benzene rings is 1. The van der Waals surface area contributed by atoms with Crippen LogP contribution in [0.3, 0.4) is 0 Å². The molecule has 0 saturated carbocycles. The van der Waals surface area contributed by atoms with Gasteiger partial charge in [0.05, 0.1) is 0 Å². The highest BCUT2D eigenvalue weighted by Crippen LogP contribution is 1.99. The number of hydrogen-bond donors (Lipinski definition) is 2. The molecule has 0 atom stereocenters. The van der Waals surface area contributed by atoms with E-state index in [-0.39, 0.29) is 11.3 Å². The van der Waals surface area contributed by atoms with E-state index in [9.17, 15) is 9.59 Å². The number of H-pyrrole nitrogens is 1. The van der Waals surface area contributed by atoms with E-state index in [4.69, 9.17) is 0 Å². The van der Waals surface area contributed by atoms with Gasteiger partial charge in [-0.1, -0.05) is 36.4 Å². The summed E-state index contributed by atoms with van der Waals surface area (Å²) in [7, 11) is 0. The molecule has 0 bridgehead atoms. The molecule has 20 heavy (non-hydrogen) atoms. The van der Waals surface area contributed by atoms with Crippen LogP contribution in [0.4, 0.5) is 0 Å². The molecule has 0 fully saturated rings. The number of hydrogen-bond acceptors (Lipinski definition) is 4. The molecule has 6 nitrogen and oxygen atoms in total. The van der Waals surface area contributed by atoms with Gasteiger partial charge in [0.15, 0.2) is 5.69 Å². The van der Waals surface area contributed by atoms with Crippen molar-refractivity contribution in [1.29, 1.82) is 0 Å². The highest BCUT2D eigenvalue weighted by Gasteiger charge is 2.04. The number of carbonyl (C=O) groups excluding carboxylic acids is 1. The Hall–Kier alpha value is -3.02. The maximum atomic E-state index is 11.6. The fourth-order valence-electron chi connectivity index (χ4n) is 1.39. The molecule has 0 radical (unpaired) electrons. The standard InChI is InChI=1S/C14H12N4O2/c19-13-9-8-12(16-17-13)14(20)18-15-10-4-7-11-5-2-1-3-6-11/h1-10H,(H,17,19)(H,18,20)/b7-4+,15-10-. The van der Waals surface area contributed by atoms with Crippen molar-refractivity contribution in [3.05, 3.63) is 70.2 Å². The number of nitrogens with one attached hydrogen (secondary N) is 2. The molecule has 100 valence electrons. The molecule has 0 aliphatic heterocycles. The van der Waals surface area contributed by atoms with Gasteiger partial charge in [-0.2, -0.15) is 10.2 Å². The first-order chi connectivity index (χ1) is 9.75. The Labute approximate surface area is 114 Å². The van der Waals surface area contributed by atoms with Crippen molar-refractivity contribution in [1.82, 2.24) is 15.6 Å². The molecule has 6 heteroatoms. The molecule has 1 amide bonds. The zero-order chi connectivity index (χ0) is 14.2. The predicted octanol–water partition coefficient (Wildman–Crippen LogP) is 1.20.